The maximum atomic E-state index is 12.2. The van der Waals surface area contributed by atoms with Gasteiger partial charge in [0.15, 0.2) is 0 Å². The summed E-state index contributed by atoms with van der Waals surface area (Å²) in [5.41, 5.74) is 2.19. The summed E-state index contributed by atoms with van der Waals surface area (Å²) in [6, 6.07) is 13.8. The van der Waals surface area contributed by atoms with Gasteiger partial charge in [-0.05, 0) is 36.8 Å². The molecule has 0 aromatic heterocycles. The number of halogens is 1. The van der Waals surface area contributed by atoms with Crippen LogP contribution in [0, 0.1) is 6.92 Å². The van der Waals surface area contributed by atoms with Crippen LogP contribution in [0.15, 0.2) is 53.4 Å². The molecular formula is C18H21ClN2O3S. The minimum absolute atomic E-state index is 0.0437. The molecule has 0 unspecified atom stereocenters. The molecule has 2 aromatic rings. The lowest BCUT2D eigenvalue weighted by molar-refractivity contribution is -0.130. The lowest BCUT2D eigenvalue weighted by Gasteiger charge is -2.17. The lowest BCUT2D eigenvalue weighted by atomic mass is 10.1. The highest BCUT2D eigenvalue weighted by Gasteiger charge is 2.15. The van der Waals surface area contributed by atoms with Gasteiger partial charge in [0.05, 0.1) is 4.90 Å². The van der Waals surface area contributed by atoms with Gasteiger partial charge in [-0.15, -0.1) is 0 Å². The maximum absolute atomic E-state index is 12.2. The first-order chi connectivity index (χ1) is 11.8. The van der Waals surface area contributed by atoms with Crippen LogP contribution in [0.25, 0.3) is 0 Å². The van der Waals surface area contributed by atoms with Gasteiger partial charge in [-0.25, -0.2) is 13.1 Å². The number of aryl methyl sites for hydroxylation is 1. The summed E-state index contributed by atoms with van der Waals surface area (Å²) in [5.74, 6) is -0.126. The van der Waals surface area contributed by atoms with Crippen LogP contribution < -0.4 is 4.72 Å². The van der Waals surface area contributed by atoms with Crippen molar-refractivity contribution in [2.75, 3.05) is 13.6 Å². The van der Waals surface area contributed by atoms with E-state index in [-0.39, 0.29) is 23.8 Å². The van der Waals surface area contributed by atoms with Crippen LogP contribution in [-0.4, -0.2) is 32.8 Å². The van der Waals surface area contributed by atoms with Crippen molar-refractivity contribution >= 4 is 27.5 Å². The molecule has 0 heterocycles. The second-order valence-corrected chi connectivity index (χ2v) is 8.04. The molecule has 0 aliphatic carbocycles. The molecule has 1 amide bonds. The van der Waals surface area contributed by atoms with E-state index in [4.69, 9.17) is 11.6 Å². The number of hydrogen-bond donors (Lipinski definition) is 1. The quantitative estimate of drug-likeness (QED) is 0.803. The Morgan fingerprint density at radius 1 is 1.08 bits per heavy atom. The summed E-state index contributed by atoms with van der Waals surface area (Å²) >= 11 is 5.75. The molecule has 0 spiro atoms. The largest absolute Gasteiger partial charge is 0.341 e. The molecule has 0 aliphatic heterocycles. The molecule has 2 rings (SSSR count). The molecule has 2 aromatic carbocycles. The van der Waals surface area contributed by atoms with Crippen LogP contribution in [0.2, 0.25) is 5.02 Å². The Hall–Kier alpha value is -1.89. The molecule has 0 saturated heterocycles. The van der Waals surface area contributed by atoms with E-state index in [0.29, 0.717) is 11.6 Å². The lowest BCUT2D eigenvalue weighted by Crippen LogP contribution is -2.31. The van der Waals surface area contributed by atoms with Crippen molar-refractivity contribution in [3.8, 4) is 0 Å². The number of carbonyl (C=O) groups excluding carboxylic acids is 1. The van der Waals surface area contributed by atoms with Crippen LogP contribution in [0.1, 0.15) is 17.5 Å². The zero-order valence-corrected chi connectivity index (χ0v) is 15.8. The fraction of sp³-hybridized carbons (Fsp3) is 0.278. The van der Waals surface area contributed by atoms with Gasteiger partial charge >= 0.3 is 0 Å². The maximum Gasteiger partial charge on any atom is 0.240 e. The number of hydrogen-bond acceptors (Lipinski definition) is 3. The van der Waals surface area contributed by atoms with E-state index in [2.05, 4.69) is 4.72 Å². The van der Waals surface area contributed by atoms with Gasteiger partial charge < -0.3 is 4.90 Å². The third-order valence-corrected chi connectivity index (χ3v) is 5.45. The number of carbonyl (C=O) groups is 1. The zero-order valence-electron chi connectivity index (χ0n) is 14.2. The van der Waals surface area contributed by atoms with Crippen molar-refractivity contribution in [2.24, 2.45) is 0 Å². The molecule has 5 nitrogen and oxygen atoms in total. The first-order valence-electron chi connectivity index (χ1n) is 7.83. The van der Waals surface area contributed by atoms with Crippen LogP contribution in [0.5, 0.6) is 0 Å². The van der Waals surface area contributed by atoms with E-state index in [1.165, 1.54) is 24.3 Å². The van der Waals surface area contributed by atoms with Gasteiger partial charge in [-0.2, -0.15) is 0 Å². The average Bonchev–Trinajstić information content (AvgIpc) is 2.57. The molecule has 7 heteroatoms. The number of nitrogens with zero attached hydrogens (tertiary/aromatic N) is 1. The van der Waals surface area contributed by atoms with Crippen molar-refractivity contribution in [2.45, 2.75) is 24.8 Å². The molecule has 0 saturated carbocycles. The summed E-state index contributed by atoms with van der Waals surface area (Å²) in [5, 5.41) is 0.465. The summed E-state index contributed by atoms with van der Waals surface area (Å²) in [6.07, 6.45) is 0.0924. The Morgan fingerprint density at radius 3 is 2.28 bits per heavy atom. The van der Waals surface area contributed by atoms with Gasteiger partial charge in [-0.1, -0.05) is 41.4 Å². The van der Waals surface area contributed by atoms with E-state index in [0.717, 1.165) is 11.1 Å². The predicted octanol–water partition coefficient (Wildman–Crippen LogP) is 2.98. The molecule has 134 valence electrons. The highest BCUT2D eigenvalue weighted by molar-refractivity contribution is 7.89. The molecule has 0 atom stereocenters. The molecule has 0 fully saturated rings. The number of sulfonamides is 1. The Labute approximate surface area is 153 Å². The van der Waals surface area contributed by atoms with Crippen molar-refractivity contribution in [3.63, 3.8) is 0 Å². The highest BCUT2D eigenvalue weighted by atomic mass is 35.5. The number of benzene rings is 2. The Kier molecular flexibility index (Phi) is 6.58. The molecular weight excluding hydrogens is 360 g/mol. The summed E-state index contributed by atoms with van der Waals surface area (Å²) in [7, 11) is -1.94. The van der Waals surface area contributed by atoms with E-state index < -0.39 is 10.0 Å². The molecule has 25 heavy (non-hydrogen) atoms. The van der Waals surface area contributed by atoms with Crippen molar-refractivity contribution in [3.05, 3.63) is 64.7 Å². The van der Waals surface area contributed by atoms with Gasteiger partial charge in [0.2, 0.25) is 15.9 Å². The smallest absolute Gasteiger partial charge is 0.240 e. The Balaban J connectivity index is 1.84. The van der Waals surface area contributed by atoms with Gasteiger partial charge in [-0.3, -0.25) is 4.79 Å². The van der Waals surface area contributed by atoms with Crippen molar-refractivity contribution in [1.29, 1.82) is 0 Å². The molecule has 0 radical (unpaired) electrons. The monoisotopic (exact) mass is 380 g/mol. The normalized spacial score (nSPS) is 11.3. The number of rotatable bonds is 7. The second-order valence-electron chi connectivity index (χ2n) is 5.84. The van der Waals surface area contributed by atoms with E-state index >= 15 is 0 Å². The van der Waals surface area contributed by atoms with Crippen molar-refractivity contribution < 1.29 is 13.2 Å². The number of nitrogens with one attached hydrogen (secondary N) is 1. The Morgan fingerprint density at radius 2 is 1.68 bits per heavy atom. The fourth-order valence-electron chi connectivity index (χ4n) is 2.24. The van der Waals surface area contributed by atoms with E-state index in [1.54, 1.807) is 11.9 Å². The van der Waals surface area contributed by atoms with Gasteiger partial charge in [0.1, 0.15) is 0 Å². The summed E-state index contributed by atoms with van der Waals surface area (Å²) < 4.78 is 26.7. The molecule has 0 aliphatic rings. The summed E-state index contributed by atoms with van der Waals surface area (Å²) in [6.45, 7) is 2.54. The topological polar surface area (TPSA) is 66.5 Å². The Bertz CT molecular complexity index is 818. The fourth-order valence-corrected chi connectivity index (χ4v) is 3.39. The number of amides is 1. The minimum Gasteiger partial charge on any atom is -0.341 e. The highest BCUT2D eigenvalue weighted by Crippen LogP contribution is 2.14. The van der Waals surface area contributed by atoms with Crippen molar-refractivity contribution in [1.82, 2.24) is 9.62 Å². The SMILES string of the molecule is Cc1ccc(CN(C)C(=O)CCNS(=O)(=O)c2ccc(Cl)cc2)cc1. The first kappa shape index (κ1) is 19.4. The molecule has 1 N–H and O–H groups in total. The average molecular weight is 381 g/mol. The van der Waals surface area contributed by atoms with Crippen LogP contribution in [-0.2, 0) is 21.4 Å². The van der Waals surface area contributed by atoms with Crippen LogP contribution in [0.3, 0.4) is 0 Å². The standard InChI is InChI=1S/C18H21ClN2O3S/c1-14-3-5-15(6-4-14)13-21(2)18(22)11-12-20-25(23,24)17-9-7-16(19)8-10-17/h3-10,20H,11-13H2,1-2H3. The van der Waals surface area contributed by atoms with Gasteiger partial charge in [0.25, 0.3) is 0 Å². The minimum atomic E-state index is -3.64. The second kappa shape index (κ2) is 8.47. The molecule has 0 bridgehead atoms. The zero-order chi connectivity index (χ0) is 18.4. The first-order valence-corrected chi connectivity index (χ1v) is 9.69. The third-order valence-electron chi connectivity index (χ3n) is 3.72. The van der Waals surface area contributed by atoms with Crippen LogP contribution >= 0.6 is 11.6 Å². The van der Waals surface area contributed by atoms with Gasteiger partial charge in [0, 0.05) is 31.6 Å². The predicted molar refractivity (Wildman–Crippen MR) is 98.9 cm³/mol. The van der Waals surface area contributed by atoms with E-state index in [9.17, 15) is 13.2 Å². The van der Waals surface area contributed by atoms with Crippen LogP contribution in [0.4, 0.5) is 0 Å². The third kappa shape index (κ3) is 5.85. The van der Waals surface area contributed by atoms with E-state index in [1.807, 2.05) is 31.2 Å². The summed E-state index contributed by atoms with van der Waals surface area (Å²) in [4.78, 5) is 13.9.